The van der Waals surface area contributed by atoms with Gasteiger partial charge in [-0.05, 0) is 48.9 Å². The van der Waals surface area contributed by atoms with Gasteiger partial charge in [-0.25, -0.2) is 4.98 Å². The van der Waals surface area contributed by atoms with Crippen molar-refractivity contribution < 1.29 is 34.0 Å². The molecule has 2 saturated heterocycles. The molecule has 7 rings (SSSR count). The first-order valence-electron chi connectivity index (χ1n) is 17.1. The van der Waals surface area contributed by atoms with E-state index in [1.165, 1.54) is 12.4 Å². The highest BCUT2D eigenvalue weighted by molar-refractivity contribution is 6.34. The Balaban J connectivity index is 1.22. The average molecular weight is 784 g/mol. The van der Waals surface area contributed by atoms with Crippen molar-refractivity contribution in [2.45, 2.75) is 56.5 Å². The van der Waals surface area contributed by atoms with Gasteiger partial charge in [-0.1, -0.05) is 65.1 Å². The van der Waals surface area contributed by atoms with Crippen LogP contribution in [0.2, 0.25) is 15.1 Å². The summed E-state index contributed by atoms with van der Waals surface area (Å²) in [5.41, 5.74) is 2.21. The topological polar surface area (TPSA) is 153 Å². The number of carbonyl (C=O) groups is 1. The summed E-state index contributed by atoms with van der Waals surface area (Å²) in [5, 5.41) is 25.8. The molecule has 2 aliphatic rings. The van der Waals surface area contributed by atoms with Crippen LogP contribution in [0.5, 0.6) is 11.6 Å². The van der Waals surface area contributed by atoms with E-state index in [0.29, 0.717) is 42.6 Å². The molecule has 0 unspecified atom stereocenters. The lowest BCUT2D eigenvalue weighted by atomic mass is 10.0. The Kier molecular flexibility index (Phi) is 11.3. The number of imidazole rings is 1. The highest BCUT2D eigenvalue weighted by atomic mass is 35.5. The van der Waals surface area contributed by atoms with Crippen LogP contribution in [-0.4, -0.2) is 86.0 Å². The number of piperidine rings is 1. The van der Waals surface area contributed by atoms with Gasteiger partial charge >= 0.3 is 0 Å². The first-order chi connectivity index (χ1) is 25.6. The molecule has 0 saturated carbocycles. The molecule has 3 N–H and O–H groups in total. The van der Waals surface area contributed by atoms with Crippen LogP contribution < -0.4 is 15.0 Å². The summed E-state index contributed by atoms with van der Waals surface area (Å²) < 4.78 is 27.0. The first-order valence-corrected chi connectivity index (χ1v) is 18.3. The van der Waals surface area contributed by atoms with Crippen LogP contribution in [0.15, 0.2) is 79.1 Å². The molecule has 0 aliphatic carbocycles. The third-order valence-electron chi connectivity index (χ3n) is 9.19. The fourth-order valence-corrected chi connectivity index (χ4v) is 7.04. The second-order valence-corrected chi connectivity index (χ2v) is 14.0. The van der Waals surface area contributed by atoms with Crippen molar-refractivity contribution >= 4 is 63.5 Å². The Bertz CT molecular complexity index is 2050. The number of amides is 1. The van der Waals surface area contributed by atoms with Crippen LogP contribution in [0.3, 0.4) is 0 Å². The minimum Gasteiger partial charge on any atom is -0.435 e. The summed E-state index contributed by atoms with van der Waals surface area (Å²) in [6.07, 6.45) is -1.84. The quantitative estimate of drug-likeness (QED) is 0.120. The fraction of sp³-hybridized carbons (Fsp3) is 0.351. The van der Waals surface area contributed by atoms with E-state index in [-0.39, 0.29) is 46.1 Å². The first kappa shape index (κ1) is 37.3. The molecule has 278 valence electrons. The molecule has 0 radical (unpaired) electrons. The van der Waals surface area contributed by atoms with Crippen molar-refractivity contribution in [3.8, 4) is 11.6 Å². The van der Waals surface area contributed by atoms with Crippen LogP contribution in [0, 0.1) is 0 Å². The summed E-state index contributed by atoms with van der Waals surface area (Å²) in [4.78, 5) is 29.1. The van der Waals surface area contributed by atoms with Crippen molar-refractivity contribution in [1.82, 2.24) is 19.5 Å². The van der Waals surface area contributed by atoms with Crippen molar-refractivity contribution in [3.63, 3.8) is 0 Å². The lowest BCUT2D eigenvalue weighted by Crippen LogP contribution is -2.52. The van der Waals surface area contributed by atoms with Gasteiger partial charge in [0.15, 0.2) is 23.2 Å². The third kappa shape index (κ3) is 8.22. The number of nitrogens with zero attached hydrogens (tertiary/aromatic N) is 5. The number of fused-ring (bicyclic) bond motifs is 1. The highest BCUT2D eigenvalue weighted by Crippen LogP contribution is 2.41. The Labute approximate surface area is 320 Å². The lowest BCUT2D eigenvalue weighted by molar-refractivity contribution is -0.285. The molecule has 5 aromatic rings. The molecule has 53 heavy (non-hydrogen) atoms. The van der Waals surface area contributed by atoms with Gasteiger partial charge in [0.1, 0.15) is 24.1 Å². The zero-order valence-electron chi connectivity index (χ0n) is 28.6. The Morgan fingerprint density at radius 1 is 1.02 bits per heavy atom. The van der Waals surface area contributed by atoms with E-state index < -0.39 is 36.9 Å². The normalized spacial score (nSPS) is 21.2. The predicted octanol–water partition coefficient (Wildman–Crippen LogP) is 6.43. The minimum absolute atomic E-state index is 0.0250. The molecule has 2 fully saturated rings. The second-order valence-electron chi connectivity index (χ2n) is 12.7. The number of benzene rings is 3. The summed E-state index contributed by atoms with van der Waals surface area (Å²) in [7, 11) is 0. The average Bonchev–Trinajstić information content (AvgIpc) is 3.71. The van der Waals surface area contributed by atoms with Gasteiger partial charge in [-0.15, -0.1) is 0 Å². The summed E-state index contributed by atoms with van der Waals surface area (Å²) in [5.74, 6) is -1.35. The molecule has 1 amide bonds. The number of aliphatic hydroxyl groups is 2. The smallest absolute Gasteiger partial charge is 0.252 e. The van der Waals surface area contributed by atoms with Gasteiger partial charge in [0.05, 0.1) is 24.4 Å². The van der Waals surface area contributed by atoms with E-state index >= 15 is 0 Å². The summed E-state index contributed by atoms with van der Waals surface area (Å²) in [6, 6.07) is 21.6. The van der Waals surface area contributed by atoms with Crippen molar-refractivity contribution in [3.05, 3.63) is 99.8 Å². The van der Waals surface area contributed by atoms with Crippen molar-refractivity contribution in [1.29, 1.82) is 0 Å². The van der Waals surface area contributed by atoms with Gasteiger partial charge in [0, 0.05) is 54.3 Å². The summed E-state index contributed by atoms with van der Waals surface area (Å²) in [6.45, 7) is 2.99. The fourth-order valence-electron chi connectivity index (χ4n) is 6.60. The van der Waals surface area contributed by atoms with E-state index in [0.717, 1.165) is 11.3 Å². The largest absolute Gasteiger partial charge is 0.435 e. The maximum Gasteiger partial charge on any atom is 0.252 e. The van der Waals surface area contributed by atoms with Crippen LogP contribution in [0.25, 0.3) is 11.2 Å². The maximum absolute atomic E-state index is 13.2. The lowest BCUT2D eigenvalue weighted by Gasteiger charge is -2.44. The van der Waals surface area contributed by atoms with E-state index in [2.05, 4.69) is 25.2 Å². The third-order valence-corrected chi connectivity index (χ3v) is 9.99. The Morgan fingerprint density at radius 3 is 2.47 bits per heavy atom. The zero-order valence-corrected chi connectivity index (χ0v) is 30.8. The zero-order chi connectivity index (χ0) is 37.1. The molecule has 2 aromatic heterocycles. The van der Waals surface area contributed by atoms with Crippen LogP contribution in [-0.2, 0) is 25.4 Å². The van der Waals surface area contributed by atoms with Crippen LogP contribution >= 0.6 is 34.8 Å². The number of rotatable bonds is 12. The number of hydrogen-bond acceptors (Lipinski definition) is 11. The molecule has 0 spiro atoms. The Hall–Kier alpha value is -4.05. The van der Waals surface area contributed by atoms with Crippen LogP contribution in [0.1, 0.15) is 31.6 Å². The maximum atomic E-state index is 13.2. The van der Waals surface area contributed by atoms with Crippen molar-refractivity contribution in [2.24, 2.45) is 0 Å². The molecular weight excluding hydrogens is 747 g/mol. The number of anilines is 2. The SMILES string of the molecule is CCOC1(O[C@@H]2[C@H](O)[C@@H](CO)O[C@H]2n2cnc3c(Oc4cc(Cl)ccc4Cl)nc(NC(=O)Cc4ccccc4)nc32)CCN(c2ccc(Cl)cc2)CC1. The number of halogens is 3. The molecule has 13 nitrogen and oxygen atoms in total. The van der Waals surface area contributed by atoms with E-state index in [4.69, 9.17) is 53.8 Å². The van der Waals surface area contributed by atoms with Gasteiger partial charge in [0.25, 0.3) is 5.88 Å². The second kappa shape index (κ2) is 16.1. The molecule has 3 aromatic carbocycles. The number of carbonyl (C=O) groups excluding carboxylic acids is 1. The molecule has 4 heterocycles. The molecular formula is C37H37Cl3N6O7. The minimum atomic E-state index is -1.25. The number of hydrogen-bond donors (Lipinski definition) is 3. The van der Waals surface area contributed by atoms with Gasteiger partial charge in [0.2, 0.25) is 11.9 Å². The van der Waals surface area contributed by atoms with Gasteiger partial charge < -0.3 is 34.1 Å². The number of nitrogens with one attached hydrogen (secondary N) is 1. The van der Waals surface area contributed by atoms with E-state index in [1.807, 2.05) is 61.5 Å². The standard InChI is InChI=1S/C37H37Cl3N6O7/c1-2-50-37(14-16-45(17-15-37)25-11-8-23(38)9-12-25)53-32-31(49)28(20-47)52-35(32)46-21-41-30-33(46)43-36(42-29(48)18-22-6-4-3-5-7-22)44-34(30)51-27-19-24(39)10-13-26(27)40/h3-13,19,21,28,31-32,35,47,49H,2,14-18,20H2,1H3,(H,42,43,44,48)/t28-,31-,32-,35-/m1/s1. The number of ether oxygens (including phenoxy) is 4. The highest BCUT2D eigenvalue weighted by Gasteiger charge is 2.51. The molecule has 4 atom stereocenters. The number of aromatic nitrogens is 4. The monoisotopic (exact) mass is 782 g/mol. The summed E-state index contributed by atoms with van der Waals surface area (Å²) >= 11 is 18.8. The van der Waals surface area contributed by atoms with E-state index in [9.17, 15) is 15.0 Å². The molecule has 0 bridgehead atoms. The van der Waals surface area contributed by atoms with Gasteiger partial charge in [-0.2, -0.15) is 9.97 Å². The Morgan fingerprint density at radius 2 is 1.75 bits per heavy atom. The van der Waals surface area contributed by atoms with Crippen molar-refractivity contribution in [2.75, 3.05) is 36.5 Å². The van der Waals surface area contributed by atoms with Crippen LogP contribution in [0.4, 0.5) is 11.6 Å². The molecule has 2 aliphatic heterocycles. The van der Waals surface area contributed by atoms with Gasteiger partial charge in [-0.3, -0.25) is 14.7 Å². The number of aliphatic hydroxyl groups excluding tert-OH is 2. The molecule has 16 heteroatoms. The predicted molar refractivity (Wildman–Crippen MR) is 200 cm³/mol. The van der Waals surface area contributed by atoms with E-state index in [1.54, 1.807) is 16.7 Å².